The van der Waals surface area contributed by atoms with E-state index in [2.05, 4.69) is 12.2 Å². The van der Waals surface area contributed by atoms with Crippen molar-refractivity contribution in [2.75, 3.05) is 13.7 Å². The highest BCUT2D eigenvalue weighted by atomic mass is 16.5. The van der Waals surface area contributed by atoms with Gasteiger partial charge in [0.2, 0.25) is 0 Å². The molecule has 0 radical (unpaired) electrons. The Hall–Kier alpha value is -0.0800. The monoisotopic (exact) mass is 197 g/mol. The van der Waals surface area contributed by atoms with Crippen molar-refractivity contribution in [1.82, 2.24) is 5.32 Å². The van der Waals surface area contributed by atoms with Crippen molar-refractivity contribution in [3.8, 4) is 0 Å². The fourth-order valence-corrected chi connectivity index (χ4v) is 2.32. The Kier molecular flexibility index (Phi) is 3.13. The minimum absolute atomic E-state index is 0.192. The molecule has 2 heteroatoms. The van der Waals surface area contributed by atoms with Crippen LogP contribution in [0.2, 0.25) is 0 Å². The van der Waals surface area contributed by atoms with Crippen LogP contribution in [0.25, 0.3) is 0 Å². The van der Waals surface area contributed by atoms with E-state index in [4.69, 9.17) is 4.74 Å². The third-order valence-corrected chi connectivity index (χ3v) is 3.85. The van der Waals surface area contributed by atoms with E-state index in [0.717, 1.165) is 12.5 Å². The van der Waals surface area contributed by atoms with Gasteiger partial charge in [-0.2, -0.15) is 0 Å². The van der Waals surface area contributed by atoms with Crippen molar-refractivity contribution in [3.05, 3.63) is 0 Å². The zero-order chi connectivity index (χ0) is 10.0. The summed E-state index contributed by atoms with van der Waals surface area (Å²) in [6.45, 7) is 3.36. The molecule has 1 unspecified atom stereocenters. The van der Waals surface area contributed by atoms with Gasteiger partial charge in [-0.15, -0.1) is 0 Å². The van der Waals surface area contributed by atoms with Crippen molar-refractivity contribution < 1.29 is 4.74 Å². The van der Waals surface area contributed by atoms with E-state index in [1.807, 2.05) is 7.11 Å². The van der Waals surface area contributed by atoms with Crippen LogP contribution in [0.4, 0.5) is 0 Å². The molecule has 2 rings (SSSR count). The van der Waals surface area contributed by atoms with Crippen molar-refractivity contribution in [1.29, 1.82) is 0 Å². The molecule has 0 aromatic heterocycles. The Balaban J connectivity index is 1.64. The third kappa shape index (κ3) is 2.48. The summed E-state index contributed by atoms with van der Waals surface area (Å²) in [5.74, 6) is 1.03. The molecule has 2 fully saturated rings. The first kappa shape index (κ1) is 10.4. The number of hydrogen-bond acceptors (Lipinski definition) is 2. The van der Waals surface area contributed by atoms with Crippen LogP contribution in [0.5, 0.6) is 0 Å². The highest BCUT2D eigenvalue weighted by molar-refractivity contribution is 4.92. The van der Waals surface area contributed by atoms with Crippen LogP contribution in [-0.4, -0.2) is 25.3 Å². The summed E-state index contributed by atoms with van der Waals surface area (Å²) in [6.07, 6.45) is 8.11. The quantitative estimate of drug-likeness (QED) is 0.705. The number of nitrogens with one attached hydrogen (secondary N) is 1. The molecule has 82 valence electrons. The highest BCUT2D eigenvalue weighted by Crippen LogP contribution is 2.35. The Morgan fingerprint density at radius 2 is 2.14 bits per heavy atom. The maximum atomic E-state index is 5.58. The highest BCUT2D eigenvalue weighted by Gasteiger charge is 2.37. The molecule has 1 N–H and O–H groups in total. The normalized spacial score (nSPS) is 27.0. The van der Waals surface area contributed by atoms with Crippen molar-refractivity contribution >= 4 is 0 Å². The lowest BCUT2D eigenvalue weighted by Crippen LogP contribution is -2.49. The molecule has 0 spiro atoms. The van der Waals surface area contributed by atoms with Gasteiger partial charge in [-0.3, -0.25) is 0 Å². The Morgan fingerprint density at radius 3 is 2.57 bits per heavy atom. The molecule has 0 aromatic rings. The Morgan fingerprint density at radius 1 is 1.43 bits per heavy atom. The van der Waals surface area contributed by atoms with Crippen LogP contribution >= 0.6 is 0 Å². The summed E-state index contributed by atoms with van der Waals surface area (Å²) in [6, 6.07) is 0.676. The van der Waals surface area contributed by atoms with Crippen LogP contribution < -0.4 is 5.32 Å². The topological polar surface area (TPSA) is 21.3 Å². The standard InChI is InChI=1S/C12H23NO/c1-10(8-11-4-5-11)13-9-12(14-2)6-3-7-12/h10-11,13H,3-9H2,1-2H3. The molecule has 2 nitrogen and oxygen atoms in total. The fourth-order valence-electron chi connectivity index (χ4n) is 2.32. The molecule has 2 aliphatic rings. The molecule has 14 heavy (non-hydrogen) atoms. The minimum atomic E-state index is 0.192. The Bertz CT molecular complexity index is 179. The first-order chi connectivity index (χ1) is 6.74. The van der Waals surface area contributed by atoms with Gasteiger partial charge in [0.05, 0.1) is 5.60 Å². The van der Waals surface area contributed by atoms with E-state index in [-0.39, 0.29) is 5.60 Å². The molecule has 0 aromatic carbocycles. The SMILES string of the molecule is COC1(CNC(C)CC2CC2)CCC1. The first-order valence-corrected chi connectivity index (χ1v) is 6.03. The van der Waals surface area contributed by atoms with Crippen LogP contribution in [-0.2, 0) is 4.74 Å². The summed E-state index contributed by atoms with van der Waals surface area (Å²) in [7, 11) is 1.85. The van der Waals surface area contributed by atoms with Gasteiger partial charge in [-0.25, -0.2) is 0 Å². The predicted molar refractivity (Wildman–Crippen MR) is 58.4 cm³/mol. The fraction of sp³-hybridized carbons (Fsp3) is 1.00. The lowest BCUT2D eigenvalue weighted by Gasteiger charge is -2.41. The van der Waals surface area contributed by atoms with Crippen LogP contribution in [0.1, 0.15) is 45.4 Å². The lowest BCUT2D eigenvalue weighted by molar-refractivity contribution is -0.0707. The van der Waals surface area contributed by atoms with Gasteiger partial charge < -0.3 is 10.1 Å². The van der Waals surface area contributed by atoms with Gasteiger partial charge >= 0.3 is 0 Å². The maximum absolute atomic E-state index is 5.58. The molecule has 0 bridgehead atoms. The van der Waals surface area contributed by atoms with Crippen LogP contribution in [0.15, 0.2) is 0 Å². The lowest BCUT2D eigenvalue weighted by atomic mass is 9.80. The molecule has 0 amide bonds. The summed E-state index contributed by atoms with van der Waals surface area (Å²) in [4.78, 5) is 0. The second kappa shape index (κ2) is 4.19. The summed E-state index contributed by atoms with van der Waals surface area (Å²) >= 11 is 0. The number of rotatable bonds is 6. The van der Waals surface area contributed by atoms with Crippen molar-refractivity contribution in [2.24, 2.45) is 5.92 Å². The van der Waals surface area contributed by atoms with E-state index in [1.54, 1.807) is 0 Å². The molecule has 0 heterocycles. The largest absolute Gasteiger partial charge is 0.377 e. The van der Waals surface area contributed by atoms with Gasteiger partial charge in [-0.1, -0.05) is 12.8 Å². The molecule has 2 aliphatic carbocycles. The average molecular weight is 197 g/mol. The molecule has 2 saturated carbocycles. The van der Waals surface area contributed by atoms with Gasteiger partial charge in [0.15, 0.2) is 0 Å². The van der Waals surface area contributed by atoms with Crippen LogP contribution in [0.3, 0.4) is 0 Å². The molecule has 0 aliphatic heterocycles. The smallest absolute Gasteiger partial charge is 0.0802 e. The maximum Gasteiger partial charge on any atom is 0.0802 e. The second-order valence-corrected chi connectivity index (χ2v) is 5.20. The summed E-state index contributed by atoms with van der Waals surface area (Å²) in [5, 5.41) is 3.62. The van der Waals surface area contributed by atoms with E-state index in [9.17, 15) is 0 Å². The minimum Gasteiger partial charge on any atom is -0.377 e. The number of ether oxygens (including phenoxy) is 1. The summed E-state index contributed by atoms with van der Waals surface area (Å²) < 4.78 is 5.58. The second-order valence-electron chi connectivity index (χ2n) is 5.20. The Labute approximate surface area is 87.4 Å². The molecule has 1 atom stereocenters. The van der Waals surface area contributed by atoms with Gasteiger partial charge in [0.1, 0.15) is 0 Å². The van der Waals surface area contributed by atoms with E-state index in [1.165, 1.54) is 38.5 Å². The zero-order valence-corrected chi connectivity index (χ0v) is 9.51. The molecular weight excluding hydrogens is 174 g/mol. The summed E-state index contributed by atoms with van der Waals surface area (Å²) in [5.41, 5.74) is 0.192. The molecule has 0 saturated heterocycles. The predicted octanol–water partition coefficient (Wildman–Crippen LogP) is 2.33. The van der Waals surface area contributed by atoms with Crippen LogP contribution in [0, 0.1) is 5.92 Å². The van der Waals surface area contributed by atoms with Gasteiger partial charge in [-0.05, 0) is 38.5 Å². The first-order valence-electron chi connectivity index (χ1n) is 6.03. The number of hydrogen-bond donors (Lipinski definition) is 1. The van der Waals surface area contributed by atoms with Crippen molar-refractivity contribution in [3.63, 3.8) is 0 Å². The molecular formula is C12H23NO. The third-order valence-electron chi connectivity index (χ3n) is 3.85. The van der Waals surface area contributed by atoms with E-state index in [0.29, 0.717) is 6.04 Å². The van der Waals surface area contributed by atoms with Gasteiger partial charge in [0.25, 0.3) is 0 Å². The van der Waals surface area contributed by atoms with Crippen molar-refractivity contribution in [2.45, 2.75) is 57.1 Å². The van der Waals surface area contributed by atoms with E-state index < -0.39 is 0 Å². The average Bonchev–Trinajstić information content (AvgIpc) is 2.87. The zero-order valence-electron chi connectivity index (χ0n) is 9.51. The van der Waals surface area contributed by atoms with Gasteiger partial charge in [0, 0.05) is 19.7 Å². The van der Waals surface area contributed by atoms with E-state index >= 15 is 0 Å². The number of methoxy groups -OCH3 is 1.